The zero-order valence-electron chi connectivity index (χ0n) is 9.00. The first-order chi connectivity index (χ1) is 7.25. The van der Waals surface area contributed by atoms with Crippen LogP contribution in [0.1, 0.15) is 38.5 Å². The molecule has 1 aliphatic heterocycles. The first-order valence-corrected chi connectivity index (χ1v) is 5.83. The Hall–Kier alpha value is -1.06. The van der Waals surface area contributed by atoms with E-state index in [4.69, 9.17) is 0 Å². The van der Waals surface area contributed by atoms with E-state index in [-0.39, 0.29) is 18.4 Å². The van der Waals surface area contributed by atoms with Crippen LogP contribution in [0, 0.1) is 0 Å². The lowest BCUT2D eigenvalue weighted by molar-refractivity contribution is -0.135. The van der Waals surface area contributed by atoms with Gasteiger partial charge >= 0.3 is 0 Å². The van der Waals surface area contributed by atoms with Crippen molar-refractivity contribution in [1.29, 1.82) is 0 Å². The van der Waals surface area contributed by atoms with E-state index in [1.54, 1.807) is 4.90 Å². The van der Waals surface area contributed by atoms with E-state index in [1.807, 2.05) is 0 Å². The van der Waals surface area contributed by atoms with Gasteiger partial charge in [-0.05, 0) is 25.7 Å². The third-order valence-corrected chi connectivity index (χ3v) is 2.95. The molecular weight excluding hydrogens is 192 g/mol. The minimum absolute atomic E-state index is 0.00718. The van der Waals surface area contributed by atoms with Crippen molar-refractivity contribution in [3.05, 3.63) is 0 Å². The number of carbonyl (C=O) groups is 2. The fraction of sp³-hybridized carbons (Fsp3) is 0.818. The smallest absolute Gasteiger partial charge is 0.239 e. The average molecular weight is 210 g/mol. The highest BCUT2D eigenvalue weighted by molar-refractivity contribution is 5.85. The van der Waals surface area contributed by atoms with Gasteiger partial charge in [-0.2, -0.15) is 0 Å². The van der Waals surface area contributed by atoms with E-state index >= 15 is 0 Å². The lowest BCUT2D eigenvalue weighted by Gasteiger charge is -2.19. The first kappa shape index (κ1) is 10.5. The summed E-state index contributed by atoms with van der Waals surface area (Å²) in [5.41, 5.74) is 0. The van der Waals surface area contributed by atoms with Crippen molar-refractivity contribution in [1.82, 2.24) is 10.2 Å². The van der Waals surface area contributed by atoms with Crippen LogP contribution in [-0.4, -0.2) is 35.8 Å². The topological polar surface area (TPSA) is 49.4 Å². The third-order valence-electron chi connectivity index (χ3n) is 2.95. The number of nitrogens with one attached hydrogen (secondary N) is 1. The first-order valence-electron chi connectivity index (χ1n) is 5.83. The van der Waals surface area contributed by atoms with Gasteiger partial charge in [-0.15, -0.1) is 0 Å². The maximum Gasteiger partial charge on any atom is 0.239 e. The van der Waals surface area contributed by atoms with Gasteiger partial charge in [0.25, 0.3) is 0 Å². The second-order valence-electron chi connectivity index (χ2n) is 4.47. The van der Waals surface area contributed by atoms with Gasteiger partial charge < -0.3 is 10.2 Å². The van der Waals surface area contributed by atoms with Gasteiger partial charge in [-0.25, -0.2) is 0 Å². The molecule has 0 unspecified atom stereocenters. The van der Waals surface area contributed by atoms with Crippen molar-refractivity contribution < 1.29 is 9.59 Å². The Kier molecular flexibility index (Phi) is 3.23. The molecule has 1 heterocycles. The lowest BCUT2D eigenvalue weighted by atomic mass is 10.2. The van der Waals surface area contributed by atoms with Gasteiger partial charge in [-0.1, -0.05) is 6.42 Å². The monoisotopic (exact) mass is 210 g/mol. The molecular formula is C11H18N2O2. The zero-order chi connectivity index (χ0) is 10.7. The van der Waals surface area contributed by atoms with E-state index in [1.165, 1.54) is 0 Å². The van der Waals surface area contributed by atoms with Crippen molar-refractivity contribution in [2.45, 2.75) is 44.6 Å². The molecule has 4 nitrogen and oxygen atoms in total. The molecule has 0 aromatic heterocycles. The van der Waals surface area contributed by atoms with E-state index < -0.39 is 0 Å². The molecule has 1 saturated heterocycles. The Morgan fingerprint density at radius 3 is 2.87 bits per heavy atom. The molecule has 0 radical (unpaired) electrons. The van der Waals surface area contributed by atoms with Crippen LogP contribution in [0.2, 0.25) is 0 Å². The largest absolute Gasteiger partial charge is 0.352 e. The predicted octanol–water partition coefficient (Wildman–Crippen LogP) is 0.668. The molecule has 1 N–H and O–H groups in total. The summed E-state index contributed by atoms with van der Waals surface area (Å²) in [6.45, 7) is 1.01. The Morgan fingerprint density at radius 1 is 1.33 bits per heavy atom. The van der Waals surface area contributed by atoms with Gasteiger partial charge in [0.2, 0.25) is 11.8 Å². The number of carbonyl (C=O) groups excluding carboxylic acids is 2. The molecule has 0 aromatic carbocycles. The van der Waals surface area contributed by atoms with Crippen LogP contribution < -0.4 is 5.32 Å². The fourth-order valence-corrected chi connectivity index (χ4v) is 1.88. The molecule has 0 spiro atoms. The number of hydrogen-bond acceptors (Lipinski definition) is 2. The van der Waals surface area contributed by atoms with Gasteiger partial charge in [0.05, 0.1) is 6.54 Å². The Morgan fingerprint density at radius 2 is 2.13 bits per heavy atom. The zero-order valence-corrected chi connectivity index (χ0v) is 9.00. The summed E-state index contributed by atoms with van der Waals surface area (Å²) in [4.78, 5) is 24.8. The molecule has 84 valence electrons. The SMILES string of the molecule is O=C(CN1CCCCCC1=O)NC1CC1. The standard InChI is InChI=1S/C11H18N2O2/c14-10(12-9-5-6-9)8-13-7-3-1-2-4-11(13)15/h9H,1-8H2,(H,12,14). The van der Waals surface area contributed by atoms with Crippen LogP contribution in [-0.2, 0) is 9.59 Å². The van der Waals surface area contributed by atoms with Crippen LogP contribution in [0.15, 0.2) is 0 Å². The van der Waals surface area contributed by atoms with E-state index in [9.17, 15) is 9.59 Å². The highest BCUT2D eigenvalue weighted by Crippen LogP contribution is 2.18. The van der Waals surface area contributed by atoms with Gasteiger partial charge in [0.15, 0.2) is 0 Å². The number of rotatable bonds is 3. The molecule has 0 aromatic rings. The third kappa shape index (κ3) is 3.22. The summed E-state index contributed by atoms with van der Waals surface area (Å²) < 4.78 is 0. The second kappa shape index (κ2) is 4.64. The Balaban J connectivity index is 1.79. The van der Waals surface area contributed by atoms with E-state index in [0.717, 1.165) is 38.6 Å². The van der Waals surface area contributed by atoms with Crippen molar-refractivity contribution >= 4 is 11.8 Å². The molecule has 15 heavy (non-hydrogen) atoms. The molecule has 0 bridgehead atoms. The molecule has 2 aliphatic rings. The predicted molar refractivity (Wildman–Crippen MR) is 56.2 cm³/mol. The fourth-order valence-electron chi connectivity index (χ4n) is 1.88. The van der Waals surface area contributed by atoms with Crippen LogP contribution in [0.4, 0.5) is 0 Å². The second-order valence-corrected chi connectivity index (χ2v) is 4.47. The highest BCUT2D eigenvalue weighted by atomic mass is 16.2. The summed E-state index contributed by atoms with van der Waals surface area (Å²) in [6, 6.07) is 0.389. The average Bonchev–Trinajstić information content (AvgIpc) is 2.98. The van der Waals surface area contributed by atoms with Gasteiger partial charge in [-0.3, -0.25) is 9.59 Å². The van der Waals surface area contributed by atoms with Crippen molar-refractivity contribution in [2.24, 2.45) is 0 Å². The highest BCUT2D eigenvalue weighted by Gasteiger charge is 2.25. The molecule has 2 fully saturated rings. The van der Waals surface area contributed by atoms with Gasteiger partial charge in [0.1, 0.15) is 0 Å². The number of amides is 2. The molecule has 2 amide bonds. The minimum atomic E-state index is 0.00718. The van der Waals surface area contributed by atoms with Crippen molar-refractivity contribution in [2.75, 3.05) is 13.1 Å². The number of likely N-dealkylation sites (tertiary alicyclic amines) is 1. The maximum atomic E-state index is 11.6. The molecule has 1 saturated carbocycles. The number of nitrogens with zero attached hydrogens (tertiary/aromatic N) is 1. The molecule has 0 atom stereocenters. The minimum Gasteiger partial charge on any atom is -0.352 e. The molecule has 4 heteroatoms. The summed E-state index contributed by atoms with van der Waals surface area (Å²) in [5, 5.41) is 2.91. The molecule has 1 aliphatic carbocycles. The van der Waals surface area contributed by atoms with Crippen LogP contribution in [0.3, 0.4) is 0 Å². The van der Waals surface area contributed by atoms with Crippen LogP contribution in [0.25, 0.3) is 0 Å². The normalized spacial score (nSPS) is 22.4. The Labute approximate surface area is 90.0 Å². The summed E-state index contributed by atoms with van der Waals surface area (Å²) in [7, 11) is 0. The van der Waals surface area contributed by atoms with E-state index in [2.05, 4.69) is 5.32 Å². The lowest BCUT2D eigenvalue weighted by Crippen LogP contribution is -2.41. The van der Waals surface area contributed by atoms with Crippen LogP contribution >= 0.6 is 0 Å². The number of hydrogen-bond donors (Lipinski definition) is 1. The Bertz CT molecular complexity index is 261. The van der Waals surface area contributed by atoms with Crippen molar-refractivity contribution in [3.63, 3.8) is 0 Å². The maximum absolute atomic E-state index is 11.6. The summed E-state index contributed by atoms with van der Waals surface area (Å²) >= 11 is 0. The van der Waals surface area contributed by atoms with Gasteiger partial charge in [0, 0.05) is 19.0 Å². The summed E-state index contributed by atoms with van der Waals surface area (Å²) in [6.07, 6.45) is 5.91. The van der Waals surface area contributed by atoms with Crippen LogP contribution in [0.5, 0.6) is 0 Å². The quantitative estimate of drug-likeness (QED) is 0.744. The summed E-state index contributed by atoms with van der Waals surface area (Å²) in [5.74, 6) is 0.145. The van der Waals surface area contributed by atoms with E-state index in [0.29, 0.717) is 12.5 Å². The molecule has 2 rings (SSSR count). The van der Waals surface area contributed by atoms with Crippen molar-refractivity contribution in [3.8, 4) is 0 Å².